The Kier molecular flexibility index (Phi) is 5.66. The van der Waals surface area contributed by atoms with Gasteiger partial charge in [0, 0.05) is 25.4 Å². The number of carbonyl (C=O) groups excluding carboxylic acids is 1. The molecule has 2 aliphatic rings. The van der Waals surface area contributed by atoms with E-state index in [4.69, 9.17) is 13.9 Å². The van der Waals surface area contributed by atoms with Crippen molar-refractivity contribution >= 4 is 5.91 Å². The van der Waals surface area contributed by atoms with Gasteiger partial charge in [0.25, 0.3) is 5.91 Å². The van der Waals surface area contributed by atoms with Crippen molar-refractivity contribution in [1.29, 1.82) is 0 Å². The Bertz CT molecular complexity index is 1130. The molecule has 13 heteroatoms. The van der Waals surface area contributed by atoms with Gasteiger partial charge in [-0.15, -0.1) is 5.10 Å². The summed E-state index contributed by atoms with van der Waals surface area (Å²) in [7, 11) is 0. The van der Waals surface area contributed by atoms with Gasteiger partial charge in [-0.05, 0) is 12.0 Å². The second-order valence-electron chi connectivity index (χ2n) is 7.82. The normalized spacial score (nSPS) is 18.1. The fraction of sp³-hybridized carbons (Fsp3) is 0.500. The maximum Gasteiger partial charge on any atom is 0.420 e. The average molecular weight is 466 g/mol. The molecule has 0 radical (unpaired) electrons. The highest BCUT2D eigenvalue weighted by Crippen LogP contribution is 2.46. The van der Waals surface area contributed by atoms with Gasteiger partial charge in [-0.3, -0.25) is 14.2 Å². The highest BCUT2D eigenvalue weighted by molar-refractivity contribution is 5.96. The van der Waals surface area contributed by atoms with Crippen molar-refractivity contribution < 1.29 is 31.9 Å². The van der Waals surface area contributed by atoms with Crippen LogP contribution in [0.25, 0.3) is 11.3 Å². The van der Waals surface area contributed by atoms with Crippen molar-refractivity contribution in [2.75, 3.05) is 26.4 Å². The van der Waals surface area contributed by atoms with Gasteiger partial charge in [-0.2, -0.15) is 18.3 Å². The van der Waals surface area contributed by atoms with Gasteiger partial charge in [0.15, 0.2) is 0 Å². The Morgan fingerprint density at radius 3 is 2.85 bits per heavy atom. The van der Waals surface area contributed by atoms with Crippen molar-refractivity contribution in [3.8, 4) is 11.3 Å². The molecular formula is C20H21F3N6O4. The number of alkyl halides is 3. The number of furan rings is 1. The van der Waals surface area contributed by atoms with E-state index in [0.717, 1.165) is 0 Å². The number of carbonyl (C=O) groups is 1. The number of amides is 1. The highest BCUT2D eigenvalue weighted by atomic mass is 19.4. The Hall–Kier alpha value is -3.19. The highest BCUT2D eigenvalue weighted by Gasteiger charge is 2.45. The molecule has 0 unspecified atom stereocenters. The molecule has 1 aliphatic heterocycles. The Morgan fingerprint density at radius 1 is 1.24 bits per heavy atom. The summed E-state index contributed by atoms with van der Waals surface area (Å²) in [5, 5.41) is 14.3. The lowest BCUT2D eigenvalue weighted by atomic mass is 9.93. The molecule has 1 fully saturated rings. The molecule has 0 spiro atoms. The fourth-order valence-corrected chi connectivity index (χ4v) is 4.10. The molecule has 33 heavy (non-hydrogen) atoms. The van der Waals surface area contributed by atoms with Crippen molar-refractivity contribution in [2.45, 2.75) is 38.2 Å². The number of nitrogens with zero attached hydrogens (tertiary/aromatic N) is 5. The lowest BCUT2D eigenvalue weighted by Crippen LogP contribution is -2.32. The number of nitrogens with one attached hydrogen (secondary N) is 1. The summed E-state index contributed by atoms with van der Waals surface area (Å²) < 4.78 is 61.8. The van der Waals surface area contributed by atoms with Gasteiger partial charge in [-0.25, -0.2) is 0 Å². The van der Waals surface area contributed by atoms with Gasteiger partial charge >= 0.3 is 6.18 Å². The van der Waals surface area contributed by atoms with Gasteiger partial charge in [0.2, 0.25) is 5.76 Å². The van der Waals surface area contributed by atoms with Gasteiger partial charge in [0.1, 0.15) is 17.4 Å². The summed E-state index contributed by atoms with van der Waals surface area (Å²) in [6.45, 7) is 2.06. The summed E-state index contributed by atoms with van der Waals surface area (Å²) in [5.74, 6) is -1.58. The predicted molar refractivity (Wildman–Crippen MR) is 105 cm³/mol. The van der Waals surface area contributed by atoms with Gasteiger partial charge in [-0.1, -0.05) is 5.21 Å². The maximum absolute atomic E-state index is 14.1. The van der Waals surface area contributed by atoms with Crippen LogP contribution in [-0.4, -0.2) is 63.2 Å². The molecular weight excluding hydrogens is 445 g/mol. The summed E-state index contributed by atoms with van der Waals surface area (Å²) in [6, 6.07) is 0. The first-order valence-corrected chi connectivity index (χ1v) is 10.5. The smallest absolute Gasteiger partial charge is 0.420 e. The number of halogens is 3. The average Bonchev–Trinajstić information content (AvgIpc) is 3.51. The number of rotatable bonds is 6. The minimum absolute atomic E-state index is 0.0637. The standard InChI is InChI=1S/C20H21F3N6O4/c21-20(22,23)16-15-14(33-18(16)19(30)24-3-5-28-6-4-25-27-28)2-1-12-9-29(26-17(12)15)10-13-11-31-7-8-32-13/h4,6,9,13H,1-3,5,7-8,10-11H2,(H,24,30)/t13-/m0/s1. The van der Waals surface area contributed by atoms with Crippen LogP contribution in [0, 0.1) is 0 Å². The van der Waals surface area contributed by atoms with E-state index in [1.54, 1.807) is 17.1 Å². The zero-order valence-corrected chi connectivity index (χ0v) is 17.5. The molecule has 5 rings (SSSR count). The zero-order chi connectivity index (χ0) is 23.0. The number of ether oxygens (including phenoxy) is 2. The second-order valence-corrected chi connectivity index (χ2v) is 7.82. The third-order valence-electron chi connectivity index (χ3n) is 5.54. The largest absolute Gasteiger partial charge is 0.455 e. The quantitative estimate of drug-likeness (QED) is 0.589. The van der Waals surface area contributed by atoms with E-state index < -0.39 is 23.4 Å². The fourth-order valence-electron chi connectivity index (χ4n) is 4.10. The summed E-state index contributed by atoms with van der Waals surface area (Å²) >= 11 is 0. The van der Waals surface area contributed by atoms with Crippen molar-refractivity contribution in [1.82, 2.24) is 30.1 Å². The van der Waals surface area contributed by atoms with Gasteiger partial charge in [0.05, 0.1) is 50.4 Å². The summed E-state index contributed by atoms with van der Waals surface area (Å²) in [5.41, 5.74) is -0.404. The van der Waals surface area contributed by atoms with E-state index >= 15 is 0 Å². The molecule has 1 aliphatic carbocycles. The molecule has 1 N–H and O–H groups in total. The number of aryl methyl sites for hydroxylation is 2. The van der Waals surface area contributed by atoms with E-state index in [1.165, 1.54) is 10.9 Å². The molecule has 176 valence electrons. The number of hydrogen-bond donors (Lipinski definition) is 1. The lowest BCUT2D eigenvalue weighted by molar-refractivity contribution is -0.137. The Labute approximate surface area is 185 Å². The first-order chi connectivity index (χ1) is 15.9. The number of hydrogen-bond acceptors (Lipinski definition) is 7. The molecule has 0 bridgehead atoms. The zero-order valence-electron chi connectivity index (χ0n) is 17.5. The van der Waals surface area contributed by atoms with Crippen LogP contribution in [0.1, 0.15) is 27.4 Å². The monoisotopic (exact) mass is 466 g/mol. The molecule has 1 saturated heterocycles. The SMILES string of the molecule is O=C(NCCn1ccnn1)c1oc2c(c1C(F)(F)F)-c1nn(C[C@H]3COCCO3)cc1CC2. The molecule has 1 atom stereocenters. The predicted octanol–water partition coefficient (Wildman–Crippen LogP) is 1.70. The molecule has 0 aromatic carbocycles. The third kappa shape index (κ3) is 4.37. The van der Waals surface area contributed by atoms with Crippen molar-refractivity contribution in [2.24, 2.45) is 0 Å². The van der Waals surface area contributed by atoms with E-state index in [-0.39, 0.29) is 42.6 Å². The summed E-state index contributed by atoms with van der Waals surface area (Å²) in [4.78, 5) is 12.6. The molecule has 3 aromatic rings. The molecule has 1 amide bonds. The third-order valence-corrected chi connectivity index (χ3v) is 5.54. The van der Waals surface area contributed by atoms with Crippen LogP contribution in [0.3, 0.4) is 0 Å². The molecule has 3 aromatic heterocycles. The second kappa shape index (κ2) is 8.63. The van der Waals surface area contributed by atoms with E-state index in [2.05, 4.69) is 20.7 Å². The van der Waals surface area contributed by atoms with E-state index in [9.17, 15) is 18.0 Å². The van der Waals surface area contributed by atoms with Crippen molar-refractivity contribution in [3.63, 3.8) is 0 Å². The van der Waals surface area contributed by atoms with Crippen LogP contribution in [0.5, 0.6) is 0 Å². The minimum atomic E-state index is -4.80. The minimum Gasteiger partial charge on any atom is -0.455 e. The summed E-state index contributed by atoms with van der Waals surface area (Å²) in [6.07, 6.45) is 0.456. The number of aromatic nitrogens is 5. The lowest BCUT2D eigenvalue weighted by Gasteiger charge is -2.22. The topological polar surface area (TPSA) is 109 Å². The molecule has 10 nitrogen and oxygen atoms in total. The van der Waals surface area contributed by atoms with Crippen molar-refractivity contribution in [3.05, 3.63) is 41.2 Å². The van der Waals surface area contributed by atoms with Gasteiger partial charge < -0.3 is 19.2 Å². The Morgan fingerprint density at radius 2 is 2.12 bits per heavy atom. The van der Waals surface area contributed by atoms with Crippen LogP contribution in [-0.2, 0) is 41.6 Å². The Balaban J connectivity index is 1.42. The maximum atomic E-state index is 14.1. The van der Waals surface area contributed by atoms with Crippen LogP contribution in [0.15, 0.2) is 23.0 Å². The van der Waals surface area contributed by atoms with E-state index in [0.29, 0.717) is 38.3 Å². The van der Waals surface area contributed by atoms with Crippen LogP contribution in [0.4, 0.5) is 13.2 Å². The van der Waals surface area contributed by atoms with Crippen LogP contribution in [0.2, 0.25) is 0 Å². The number of fused-ring (bicyclic) bond motifs is 3. The molecule has 0 saturated carbocycles. The van der Waals surface area contributed by atoms with Crippen LogP contribution >= 0.6 is 0 Å². The first-order valence-electron chi connectivity index (χ1n) is 10.5. The van der Waals surface area contributed by atoms with Crippen LogP contribution < -0.4 is 5.32 Å². The molecule has 4 heterocycles. The van der Waals surface area contributed by atoms with E-state index in [1.807, 2.05) is 0 Å². The first kappa shape index (κ1) is 21.6.